The van der Waals surface area contributed by atoms with Gasteiger partial charge in [-0.3, -0.25) is 4.79 Å². The predicted molar refractivity (Wildman–Crippen MR) is 81.6 cm³/mol. The highest BCUT2D eigenvalue weighted by molar-refractivity contribution is 5.96. The maximum atomic E-state index is 12.4. The topological polar surface area (TPSA) is 115 Å². The minimum atomic E-state index is -0.556. The van der Waals surface area contributed by atoms with Gasteiger partial charge in [0.25, 0.3) is 5.91 Å². The lowest BCUT2D eigenvalue weighted by Crippen LogP contribution is -2.43. The van der Waals surface area contributed by atoms with Gasteiger partial charge in [0.05, 0.1) is 0 Å². The summed E-state index contributed by atoms with van der Waals surface area (Å²) >= 11 is 0. The van der Waals surface area contributed by atoms with Crippen molar-refractivity contribution in [3.8, 4) is 0 Å². The van der Waals surface area contributed by atoms with Gasteiger partial charge in [-0.2, -0.15) is 0 Å². The molecule has 9 nitrogen and oxygen atoms in total. The second-order valence-corrected chi connectivity index (χ2v) is 6.60. The molecular formula is C14H23N5O4. The van der Waals surface area contributed by atoms with Crippen LogP contribution in [0.15, 0.2) is 4.63 Å². The molecule has 1 fully saturated rings. The molecule has 128 valence electrons. The van der Waals surface area contributed by atoms with E-state index in [1.807, 2.05) is 27.7 Å². The van der Waals surface area contributed by atoms with Crippen LogP contribution in [0.25, 0.3) is 0 Å². The molecular weight excluding hydrogens is 302 g/mol. The van der Waals surface area contributed by atoms with Gasteiger partial charge < -0.3 is 20.3 Å². The van der Waals surface area contributed by atoms with Crippen LogP contribution in [-0.4, -0.2) is 63.4 Å². The lowest BCUT2D eigenvalue weighted by molar-refractivity contribution is 0.0185. The Kier molecular flexibility index (Phi) is 4.76. The monoisotopic (exact) mass is 325 g/mol. The van der Waals surface area contributed by atoms with Crippen molar-refractivity contribution in [3.05, 3.63) is 5.69 Å². The molecule has 0 aromatic carbocycles. The van der Waals surface area contributed by atoms with Gasteiger partial charge in [0.2, 0.25) is 11.5 Å². The molecule has 2 N–H and O–H groups in total. The summed E-state index contributed by atoms with van der Waals surface area (Å²) in [5.74, 6) is -0.377. The molecule has 0 radical (unpaired) electrons. The van der Waals surface area contributed by atoms with Gasteiger partial charge in [-0.15, -0.1) is 0 Å². The van der Waals surface area contributed by atoms with Crippen molar-refractivity contribution in [2.45, 2.75) is 45.8 Å². The Morgan fingerprint density at radius 1 is 1.26 bits per heavy atom. The molecule has 23 heavy (non-hydrogen) atoms. The highest BCUT2D eigenvalue weighted by Crippen LogP contribution is 2.18. The van der Waals surface area contributed by atoms with E-state index in [9.17, 15) is 9.59 Å². The van der Waals surface area contributed by atoms with E-state index in [-0.39, 0.29) is 29.6 Å². The second-order valence-electron chi connectivity index (χ2n) is 6.60. The molecule has 1 atom stereocenters. The normalized spacial score (nSPS) is 19.4. The van der Waals surface area contributed by atoms with Crippen LogP contribution < -0.4 is 5.73 Å². The molecule has 1 aromatic heterocycles. The largest absolute Gasteiger partial charge is 0.444 e. The predicted octanol–water partition coefficient (Wildman–Crippen LogP) is 1.12. The minimum absolute atomic E-state index is 0.00312. The van der Waals surface area contributed by atoms with Crippen LogP contribution in [0.2, 0.25) is 0 Å². The van der Waals surface area contributed by atoms with E-state index in [4.69, 9.17) is 10.5 Å². The molecule has 1 aromatic rings. The third-order valence-electron chi connectivity index (χ3n) is 3.59. The minimum Gasteiger partial charge on any atom is -0.444 e. The van der Waals surface area contributed by atoms with Crippen molar-refractivity contribution >= 4 is 17.8 Å². The van der Waals surface area contributed by atoms with Gasteiger partial charge >= 0.3 is 6.09 Å². The fourth-order valence-corrected chi connectivity index (χ4v) is 2.35. The molecule has 2 amide bonds. The molecule has 1 saturated heterocycles. The number of hydrogen-bond donors (Lipinski definition) is 1. The van der Waals surface area contributed by atoms with Gasteiger partial charge in [0, 0.05) is 25.7 Å². The number of carbonyl (C=O) groups excluding carboxylic acids is 2. The molecule has 2 rings (SSSR count). The average Bonchev–Trinajstić information content (AvgIpc) is 2.75. The fourth-order valence-electron chi connectivity index (χ4n) is 2.35. The molecule has 1 aliphatic heterocycles. The van der Waals surface area contributed by atoms with Gasteiger partial charge in [-0.25, -0.2) is 9.42 Å². The van der Waals surface area contributed by atoms with Crippen molar-refractivity contribution < 1.29 is 19.0 Å². The van der Waals surface area contributed by atoms with Crippen LogP contribution in [0.1, 0.15) is 44.6 Å². The van der Waals surface area contributed by atoms with Gasteiger partial charge in [-0.05, 0) is 44.4 Å². The Balaban J connectivity index is 2.04. The van der Waals surface area contributed by atoms with Crippen molar-refractivity contribution in [2.24, 2.45) is 0 Å². The number of ether oxygens (including phenoxy) is 1. The molecule has 1 aliphatic rings. The van der Waals surface area contributed by atoms with Crippen molar-refractivity contribution in [1.29, 1.82) is 0 Å². The number of nitrogens with zero attached hydrogens (tertiary/aromatic N) is 4. The Hall–Kier alpha value is -2.32. The Morgan fingerprint density at radius 2 is 1.96 bits per heavy atom. The molecule has 0 spiro atoms. The van der Waals surface area contributed by atoms with Crippen LogP contribution >= 0.6 is 0 Å². The first-order chi connectivity index (χ1) is 10.7. The van der Waals surface area contributed by atoms with Gasteiger partial charge in [0.15, 0.2) is 0 Å². The van der Waals surface area contributed by atoms with Crippen LogP contribution in [-0.2, 0) is 4.74 Å². The lowest BCUT2D eigenvalue weighted by Gasteiger charge is -2.30. The summed E-state index contributed by atoms with van der Waals surface area (Å²) in [6.07, 6.45) is 0.262. The summed E-state index contributed by atoms with van der Waals surface area (Å²) in [7, 11) is 0. The zero-order chi connectivity index (χ0) is 17.2. The van der Waals surface area contributed by atoms with Crippen molar-refractivity contribution in [3.63, 3.8) is 0 Å². The number of amides is 2. The average molecular weight is 325 g/mol. The molecule has 0 aliphatic carbocycles. The highest BCUT2D eigenvalue weighted by Gasteiger charge is 2.31. The standard InChI is InChI=1S/C14H23N5O4/c1-9-5-6-18(12(20)10-11(15)17-23-16-10)7-8-19(9)13(21)22-14(2,3)4/h9H,5-8H2,1-4H3,(H2,15,17). The quantitative estimate of drug-likeness (QED) is 0.822. The zero-order valence-corrected chi connectivity index (χ0v) is 13.9. The van der Waals surface area contributed by atoms with E-state index in [2.05, 4.69) is 14.9 Å². The van der Waals surface area contributed by atoms with E-state index >= 15 is 0 Å². The summed E-state index contributed by atoms with van der Waals surface area (Å²) in [6, 6.07) is -0.0320. The summed E-state index contributed by atoms with van der Waals surface area (Å²) in [5.41, 5.74) is 5.01. The number of nitrogens with two attached hydrogens (primary N) is 1. The summed E-state index contributed by atoms with van der Waals surface area (Å²) in [5, 5.41) is 6.95. The first-order valence-corrected chi connectivity index (χ1v) is 7.56. The van der Waals surface area contributed by atoms with E-state index < -0.39 is 5.60 Å². The maximum Gasteiger partial charge on any atom is 0.410 e. The number of carbonyl (C=O) groups is 2. The second kappa shape index (κ2) is 6.43. The lowest BCUT2D eigenvalue weighted by atomic mass is 10.2. The first kappa shape index (κ1) is 17.0. The molecule has 9 heteroatoms. The van der Waals surface area contributed by atoms with E-state index in [1.165, 1.54) is 0 Å². The number of nitrogen functional groups attached to an aromatic ring is 1. The molecule has 0 bridgehead atoms. The maximum absolute atomic E-state index is 12.4. The fraction of sp³-hybridized carbons (Fsp3) is 0.714. The Bertz CT molecular complexity index is 580. The summed E-state index contributed by atoms with van der Waals surface area (Å²) < 4.78 is 9.88. The van der Waals surface area contributed by atoms with Crippen molar-refractivity contribution in [2.75, 3.05) is 25.4 Å². The third kappa shape index (κ3) is 4.11. The smallest absolute Gasteiger partial charge is 0.410 e. The van der Waals surface area contributed by atoms with Crippen LogP contribution in [0.5, 0.6) is 0 Å². The zero-order valence-electron chi connectivity index (χ0n) is 13.9. The highest BCUT2D eigenvalue weighted by atomic mass is 16.6. The molecule has 0 saturated carbocycles. The number of aromatic nitrogens is 2. The molecule has 1 unspecified atom stereocenters. The SMILES string of the molecule is CC1CCN(C(=O)c2nonc2N)CCN1C(=O)OC(C)(C)C. The Labute approximate surface area is 134 Å². The first-order valence-electron chi connectivity index (χ1n) is 7.56. The number of anilines is 1. The molecule has 2 heterocycles. The van der Waals surface area contributed by atoms with Gasteiger partial charge in [0.1, 0.15) is 5.60 Å². The third-order valence-corrected chi connectivity index (χ3v) is 3.59. The number of hydrogen-bond acceptors (Lipinski definition) is 7. The number of rotatable bonds is 1. The van der Waals surface area contributed by atoms with Crippen LogP contribution in [0, 0.1) is 0 Å². The summed E-state index contributed by atoms with van der Waals surface area (Å²) in [4.78, 5) is 27.9. The van der Waals surface area contributed by atoms with E-state index in [1.54, 1.807) is 9.80 Å². The van der Waals surface area contributed by atoms with Crippen LogP contribution in [0.3, 0.4) is 0 Å². The summed E-state index contributed by atoms with van der Waals surface area (Å²) in [6.45, 7) is 8.65. The Morgan fingerprint density at radius 3 is 2.52 bits per heavy atom. The van der Waals surface area contributed by atoms with E-state index in [0.717, 1.165) is 0 Å². The van der Waals surface area contributed by atoms with E-state index in [0.29, 0.717) is 26.1 Å². The van der Waals surface area contributed by atoms with Gasteiger partial charge in [-0.1, -0.05) is 0 Å². The van der Waals surface area contributed by atoms with Crippen molar-refractivity contribution in [1.82, 2.24) is 20.1 Å². The van der Waals surface area contributed by atoms with Crippen LogP contribution in [0.4, 0.5) is 10.6 Å².